The summed E-state index contributed by atoms with van der Waals surface area (Å²) in [6.07, 6.45) is 4.34. The molecule has 1 aliphatic rings. The van der Waals surface area contributed by atoms with Crippen molar-refractivity contribution in [3.63, 3.8) is 0 Å². The Labute approximate surface area is 124 Å². The van der Waals surface area contributed by atoms with Crippen LogP contribution >= 0.6 is 11.3 Å². The lowest BCUT2D eigenvalue weighted by Crippen LogP contribution is -2.38. The van der Waals surface area contributed by atoms with E-state index in [2.05, 4.69) is 41.7 Å². The molecule has 1 saturated heterocycles. The van der Waals surface area contributed by atoms with E-state index in [-0.39, 0.29) is 0 Å². The Bertz CT molecular complexity index is 562. The fraction of sp³-hybridized carbons (Fsp3) is 0.562. The molecule has 0 amide bonds. The van der Waals surface area contributed by atoms with Gasteiger partial charge in [-0.05, 0) is 55.7 Å². The summed E-state index contributed by atoms with van der Waals surface area (Å²) in [7, 11) is 0. The van der Waals surface area contributed by atoms with E-state index in [1.54, 1.807) is 11.3 Å². The second-order valence-corrected chi connectivity index (χ2v) is 6.65. The van der Waals surface area contributed by atoms with E-state index in [1.165, 1.54) is 23.1 Å². The summed E-state index contributed by atoms with van der Waals surface area (Å²) in [5.41, 5.74) is 2.38. The van der Waals surface area contributed by atoms with Gasteiger partial charge >= 0.3 is 0 Å². The van der Waals surface area contributed by atoms with Gasteiger partial charge in [-0.15, -0.1) is 11.3 Å². The molecule has 108 valence electrons. The molecule has 2 aromatic heterocycles. The zero-order chi connectivity index (χ0) is 13.9. The molecule has 3 heterocycles. The van der Waals surface area contributed by atoms with E-state index in [0.29, 0.717) is 12.1 Å². The second kappa shape index (κ2) is 6.20. The van der Waals surface area contributed by atoms with Crippen LogP contribution in [0.2, 0.25) is 0 Å². The highest BCUT2D eigenvalue weighted by Gasteiger charge is 2.22. The van der Waals surface area contributed by atoms with Crippen LogP contribution in [0.25, 0.3) is 10.2 Å². The summed E-state index contributed by atoms with van der Waals surface area (Å²) in [5, 5.41) is 5.83. The maximum Gasteiger partial charge on any atom is 0.0809 e. The van der Waals surface area contributed by atoms with Crippen molar-refractivity contribution < 1.29 is 4.74 Å². The first-order valence-corrected chi connectivity index (χ1v) is 8.29. The van der Waals surface area contributed by atoms with E-state index in [0.717, 1.165) is 24.6 Å². The standard InChI is InChI=1S/C16H22N2OS/c1-11(13-3-6-19-7-4-13)18-12(2)14-9-16-15(17-10-14)5-8-20-16/h5,8-13,18H,3-4,6-7H2,1-2H3. The van der Waals surface area contributed by atoms with Crippen LogP contribution in [0.5, 0.6) is 0 Å². The molecule has 2 aromatic rings. The van der Waals surface area contributed by atoms with E-state index >= 15 is 0 Å². The molecule has 3 nitrogen and oxygen atoms in total. The number of fused-ring (bicyclic) bond motifs is 1. The fourth-order valence-electron chi connectivity index (χ4n) is 2.94. The van der Waals surface area contributed by atoms with Gasteiger partial charge in [-0.3, -0.25) is 4.98 Å². The molecule has 2 atom stereocenters. The van der Waals surface area contributed by atoms with Gasteiger partial charge in [0.15, 0.2) is 0 Å². The van der Waals surface area contributed by atoms with Crippen molar-refractivity contribution in [2.75, 3.05) is 13.2 Å². The molecular weight excluding hydrogens is 268 g/mol. The molecule has 0 aromatic carbocycles. The van der Waals surface area contributed by atoms with Crippen molar-refractivity contribution in [3.05, 3.63) is 29.3 Å². The van der Waals surface area contributed by atoms with Crippen molar-refractivity contribution in [1.29, 1.82) is 0 Å². The molecule has 1 N–H and O–H groups in total. The van der Waals surface area contributed by atoms with Crippen LogP contribution in [0.15, 0.2) is 23.7 Å². The first-order chi connectivity index (χ1) is 9.74. The normalized spacial score (nSPS) is 20.1. The van der Waals surface area contributed by atoms with Gasteiger partial charge in [0.1, 0.15) is 0 Å². The minimum Gasteiger partial charge on any atom is -0.381 e. The molecule has 0 aliphatic carbocycles. The fourth-order valence-corrected chi connectivity index (χ4v) is 3.73. The van der Waals surface area contributed by atoms with Crippen molar-refractivity contribution in [2.24, 2.45) is 5.92 Å². The van der Waals surface area contributed by atoms with E-state index in [1.807, 2.05) is 6.20 Å². The average molecular weight is 290 g/mol. The Balaban J connectivity index is 1.66. The lowest BCUT2D eigenvalue weighted by molar-refractivity contribution is 0.0547. The summed E-state index contributed by atoms with van der Waals surface area (Å²) in [6, 6.07) is 5.20. The number of nitrogens with one attached hydrogen (secondary N) is 1. The predicted molar refractivity (Wildman–Crippen MR) is 84.2 cm³/mol. The summed E-state index contributed by atoms with van der Waals surface area (Å²) in [4.78, 5) is 4.53. The third-order valence-corrected chi connectivity index (χ3v) is 5.16. The number of hydrogen-bond donors (Lipinski definition) is 1. The summed E-state index contributed by atoms with van der Waals surface area (Å²) in [5.74, 6) is 0.727. The van der Waals surface area contributed by atoms with Gasteiger partial charge in [0, 0.05) is 31.5 Å². The van der Waals surface area contributed by atoms with Crippen LogP contribution in [0.4, 0.5) is 0 Å². The van der Waals surface area contributed by atoms with Crippen LogP contribution in [0, 0.1) is 5.92 Å². The Morgan fingerprint density at radius 2 is 2.15 bits per heavy atom. The molecule has 1 fully saturated rings. The predicted octanol–water partition coefficient (Wildman–Crippen LogP) is 3.76. The van der Waals surface area contributed by atoms with Crippen LogP contribution < -0.4 is 5.32 Å². The van der Waals surface area contributed by atoms with E-state index in [4.69, 9.17) is 4.74 Å². The minimum atomic E-state index is 0.340. The van der Waals surface area contributed by atoms with Crippen LogP contribution in [-0.2, 0) is 4.74 Å². The Kier molecular flexibility index (Phi) is 4.34. The largest absolute Gasteiger partial charge is 0.381 e. The Morgan fingerprint density at radius 3 is 2.95 bits per heavy atom. The molecular formula is C16H22N2OS. The number of hydrogen-bond acceptors (Lipinski definition) is 4. The Morgan fingerprint density at radius 1 is 1.35 bits per heavy atom. The van der Waals surface area contributed by atoms with Gasteiger partial charge in [-0.25, -0.2) is 0 Å². The third kappa shape index (κ3) is 3.03. The molecule has 0 saturated carbocycles. The number of thiophene rings is 1. The zero-order valence-electron chi connectivity index (χ0n) is 12.1. The number of aromatic nitrogens is 1. The lowest BCUT2D eigenvalue weighted by Gasteiger charge is -2.30. The van der Waals surface area contributed by atoms with Gasteiger partial charge in [-0.1, -0.05) is 0 Å². The van der Waals surface area contributed by atoms with Crippen LogP contribution in [0.3, 0.4) is 0 Å². The molecule has 0 bridgehead atoms. The highest BCUT2D eigenvalue weighted by Crippen LogP contribution is 2.25. The highest BCUT2D eigenvalue weighted by molar-refractivity contribution is 7.17. The maximum absolute atomic E-state index is 5.44. The molecule has 3 rings (SSSR count). The molecule has 0 radical (unpaired) electrons. The number of nitrogens with zero attached hydrogens (tertiary/aromatic N) is 1. The molecule has 4 heteroatoms. The molecule has 1 aliphatic heterocycles. The second-order valence-electron chi connectivity index (χ2n) is 5.70. The summed E-state index contributed by atoms with van der Waals surface area (Å²) in [6.45, 7) is 6.34. The highest BCUT2D eigenvalue weighted by atomic mass is 32.1. The molecule has 20 heavy (non-hydrogen) atoms. The van der Waals surface area contributed by atoms with Crippen LogP contribution in [-0.4, -0.2) is 24.2 Å². The third-order valence-electron chi connectivity index (χ3n) is 4.31. The van der Waals surface area contributed by atoms with Gasteiger partial charge in [0.25, 0.3) is 0 Å². The first kappa shape index (κ1) is 14.0. The van der Waals surface area contributed by atoms with Gasteiger partial charge in [-0.2, -0.15) is 0 Å². The summed E-state index contributed by atoms with van der Waals surface area (Å²) < 4.78 is 6.72. The maximum atomic E-state index is 5.44. The van der Waals surface area contributed by atoms with Crippen molar-refractivity contribution in [2.45, 2.75) is 38.8 Å². The van der Waals surface area contributed by atoms with Crippen molar-refractivity contribution in [3.8, 4) is 0 Å². The van der Waals surface area contributed by atoms with Gasteiger partial charge in [0.2, 0.25) is 0 Å². The number of rotatable bonds is 4. The minimum absolute atomic E-state index is 0.340. The topological polar surface area (TPSA) is 34.1 Å². The first-order valence-electron chi connectivity index (χ1n) is 7.41. The van der Waals surface area contributed by atoms with Crippen LogP contribution in [0.1, 0.15) is 38.3 Å². The van der Waals surface area contributed by atoms with Crippen molar-refractivity contribution >= 4 is 21.6 Å². The lowest BCUT2D eigenvalue weighted by atomic mass is 9.92. The SMILES string of the molecule is CC(NC(C)C1CCOCC1)c1cnc2ccsc2c1. The molecule has 0 spiro atoms. The van der Waals surface area contributed by atoms with Crippen molar-refractivity contribution in [1.82, 2.24) is 10.3 Å². The quantitative estimate of drug-likeness (QED) is 0.931. The number of ether oxygens (including phenoxy) is 1. The van der Waals surface area contributed by atoms with E-state index < -0.39 is 0 Å². The average Bonchev–Trinajstić information content (AvgIpc) is 2.95. The van der Waals surface area contributed by atoms with Gasteiger partial charge < -0.3 is 10.1 Å². The Hall–Kier alpha value is -0.970. The summed E-state index contributed by atoms with van der Waals surface area (Å²) >= 11 is 1.76. The smallest absolute Gasteiger partial charge is 0.0809 e. The number of pyridine rings is 1. The zero-order valence-corrected chi connectivity index (χ0v) is 13.0. The van der Waals surface area contributed by atoms with E-state index in [9.17, 15) is 0 Å². The molecule has 2 unspecified atom stereocenters. The van der Waals surface area contributed by atoms with Gasteiger partial charge in [0.05, 0.1) is 10.2 Å². The monoisotopic (exact) mass is 290 g/mol.